The summed E-state index contributed by atoms with van der Waals surface area (Å²) in [6, 6.07) is 9.09. The molecule has 1 aromatic carbocycles. The number of carbonyl (C=O) groups excluding carboxylic acids is 1. The van der Waals surface area contributed by atoms with Gasteiger partial charge in [0.2, 0.25) is 11.8 Å². The third-order valence-corrected chi connectivity index (χ3v) is 4.75. The van der Waals surface area contributed by atoms with Gasteiger partial charge in [0.15, 0.2) is 5.90 Å². The van der Waals surface area contributed by atoms with Gasteiger partial charge in [-0.3, -0.25) is 4.79 Å². The second kappa shape index (κ2) is 7.24. The molecule has 2 aromatic rings. The molecule has 0 bridgehead atoms. The number of ether oxygens (including phenoxy) is 2. The van der Waals surface area contributed by atoms with Crippen molar-refractivity contribution in [2.75, 3.05) is 5.32 Å². The molecule has 0 aliphatic carbocycles. The van der Waals surface area contributed by atoms with Crippen molar-refractivity contribution in [2.45, 2.75) is 52.2 Å². The standard InChI is InChI=1S/C21H26N4O3/c1-6-21(5,22)19(26)25-14-10-11-17(23-12-14)27-16-9-7-8-15-18(16)20(3,4)28-13(2)24-15/h7-12H,6,22H2,1-5H3,(H,25,26). The lowest BCUT2D eigenvalue weighted by Gasteiger charge is -2.32. The van der Waals surface area contributed by atoms with E-state index in [1.165, 1.54) is 6.20 Å². The molecule has 3 rings (SSSR count). The van der Waals surface area contributed by atoms with Gasteiger partial charge in [-0.15, -0.1) is 0 Å². The summed E-state index contributed by atoms with van der Waals surface area (Å²) in [5, 5.41) is 2.77. The Morgan fingerprint density at radius 3 is 2.71 bits per heavy atom. The number of nitrogens with one attached hydrogen (secondary N) is 1. The average molecular weight is 382 g/mol. The van der Waals surface area contributed by atoms with Crippen molar-refractivity contribution in [3.8, 4) is 11.6 Å². The molecule has 148 valence electrons. The summed E-state index contributed by atoms with van der Waals surface area (Å²) < 4.78 is 11.9. The van der Waals surface area contributed by atoms with Gasteiger partial charge in [0.05, 0.1) is 28.7 Å². The van der Waals surface area contributed by atoms with E-state index in [0.29, 0.717) is 29.6 Å². The van der Waals surface area contributed by atoms with E-state index in [0.717, 1.165) is 11.3 Å². The summed E-state index contributed by atoms with van der Waals surface area (Å²) in [5.41, 5.74) is 6.70. The lowest BCUT2D eigenvalue weighted by molar-refractivity contribution is -0.120. The minimum absolute atomic E-state index is 0.255. The number of carbonyl (C=O) groups is 1. The highest BCUT2D eigenvalue weighted by Crippen LogP contribution is 2.44. The van der Waals surface area contributed by atoms with E-state index >= 15 is 0 Å². The molecule has 3 N–H and O–H groups in total. The van der Waals surface area contributed by atoms with E-state index in [1.54, 1.807) is 19.1 Å². The number of pyridine rings is 1. The summed E-state index contributed by atoms with van der Waals surface area (Å²) in [6.45, 7) is 9.34. The fourth-order valence-corrected chi connectivity index (χ4v) is 2.98. The fourth-order valence-electron chi connectivity index (χ4n) is 2.98. The Bertz CT molecular complexity index is 918. The van der Waals surface area contributed by atoms with E-state index in [9.17, 15) is 4.79 Å². The third kappa shape index (κ3) is 3.99. The van der Waals surface area contributed by atoms with Crippen molar-refractivity contribution in [2.24, 2.45) is 10.7 Å². The van der Waals surface area contributed by atoms with Crippen LogP contribution in [0.1, 0.15) is 46.6 Å². The summed E-state index contributed by atoms with van der Waals surface area (Å²) >= 11 is 0. The minimum atomic E-state index is -0.928. The zero-order valence-corrected chi connectivity index (χ0v) is 16.9. The number of hydrogen-bond donors (Lipinski definition) is 2. The van der Waals surface area contributed by atoms with Crippen LogP contribution in [0.25, 0.3) is 0 Å². The van der Waals surface area contributed by atoms with E-state index in [2.05, 4.69) is 15.3 Å². The molecule has 1 aliphatic rings. The van der Waals surface area contributed by atoms with Crippen LogP contribution in [0.3, 0.4) is 0 Å². The topological polar surface area (TPSA) is 98.8 Å². The number of benzene rings is 1. The molecule has 1 aromatic heterocycles. The van der Waals surface area contributed by atoms with Crippen LogP contribution in [0.4, 0.5) is 11.4 Å². The SMILES string of the molecule is CCC(C)(N)C(=O)Nc1ccc(Oc2cccc3c2C(C)(C)OC(C)=N3)nc1. The van der Waals surface area contributed by atoms with E-state index in [-0.39, 0.29) is 5.91 Å². The molecule has 0 fully saturated rings. The van der Waals surface area contributed by atoms with Crippen molar-refractivity contribution < 1.29 is 14.3 Å². The molecular weight excluding hydrogens is 356 g/mol. The molecule has 1 aliphatic heterocycles. The second-order valence-corrected chi connectivity index (χ2v) is 7.61. The Kier molecular flexibility index (Phi) is 5.12. The predicted octanol–water partition coefficient (Wildman–Crippen LogP) is 4.26. The number of amides is 1. The number of nitrogens with two attached hydrogens (primary N) is 1. The smallest absolute Gasteiger partial charge is 0.244 e. The van der Waals surface area contributed by atoms with Gasteiger partial charge in [-0.25, -0.2) is 9.98 Å². The van der Waals surface area contributed by atoms with Crippen molar-refractivity contribution in [3.63, 3.8) is 0 Å². The third-order valence-electron chi connectivity index (χ3n) is 4.75. The molecule has 0 radical (unpaired) electrons. The molecule has 7 nitrogen and oxygen atoms in total. The highest BCUT2D eigenvalue weighted by Gasteiger charge is 2.33. The lowest BCUT2D eigenvalue weighted by Crippen LogP contribution is -2.47. The average Bonchev–Trinajstić information content (AvgIpc) is 2.62. The zero-order valence-electron chi connectivity index (χ0n) is 16.9. The van der Waals surface area contributed by atoms with Gasteiger partial charge < -0.3 is 20.5 Å². The molecule has 1 unspecified atom stereocenters. The summed E-state index contributed by atoms with van der Waals surface area (Å²) in [4.78, 5) is 20.9. The fraction of sp³-hybridized carbons (Fsp3) is 0.381. The highest BCUT2D eigenvalue weighted by molar-refractivity contribution is 5.97. The molecular formula is C21H26N4O3. The first-order valence-corrected chi connectivity index (χ1v) is 9.24. The number of nitrogens with zero attached hydrogens (tertiary/aromatic N) is 2. The first-order valence-electron chi connectivity index (χ1n) is 9.24. The first kappa shape index (κ1) is 19.8. The molecule has 0 saturated carbocycles. The van der Waals surface area contributed by atoms with Crippen LogP contribution in [0.2, 0.25) is 0 Å². The van der Waals surface area contributed by atoms with Gasteiger partial charge in [0.25, 0.3) is 0 Å². The highest BCUT2D eigenvalue weighted by atomic mass is 16.5. The summed E-state index contributed by atoms with van der Waals surface area (Å²) in [6.07, 6.45) is 2.07. The first-order chi connectivity index (χ1) is 13.1. The number of aromatic nitrogens is 1. The molecule has 1 amide bonds. The van der Waals surface area contributed by atoms with Crippen LogP contribution in [0, 0.1) is 0 Å². The number of rotatable bonds is 5. The normalized spacial score (nSPS) is 16.9. The van der Waals surface area contributed by atoms with E-state index < -0.39 is 11.1 Å². The van der Waals surface area contributed by atoms with Crippen LogP contribution in [0.15, 0.2) is 41.5 Å². The Hall–Kier alpha value is -2.93. The molecule has 2 heterocycles. The largest absolute Gasteiger partial charge is 0.470 e. The van der Waals surface area contributed by atoms with Crippen LogP contribution >= 0.6 is 0 Å². The number of fused-ring (bicyclic) bond motifs is 1. The Morgan fingerprint density at radius 2 is 2.07 bits per heavy atom. The van der Waals surface area contributed by atoms with Gasteiger partial charge >= 0.3 is 0 Å². The van der Waals surface area contributed by atoms with Crippen molar-refractivity contribution >= 4 is 23.2 Å². The maximum absolute atomic E-state index is 12.2. The second-order valence-electron chi connectivity index (χ2n) is 7.61. The van der Waals surface area contributed by atoms with Crippen molar-refractivity contribution in [3.05, 3.63) is 42.1 Å². The summed E-state index contributed by atoms with van der Waals surface area (Å²) in [5.74, 6) is 1.39. The predicted molar refractivity (Wildman–Crippen MR) is 109 cm³/mol. The van der Waals surface area contributed by atoms with Crippen LogP contribution in [-0.2, 0) is 15.1 Å². The van der Waals surface area contributed by atoms with E-state index in [4.69, 9.17) is 15.2 Å². The maximum atomic E-state index is 12.2. The lowest BCUT2D eigenvalue weighted by atomic mass is 9.94. The zero-order chi connectivity index (χ0) is 20.5. The van der Waals surface area contributed by atoms with Gasteiger partial charge in [-0.2, -0.15) is 0 Å². The molecule has 28 heavy (non-hydrogen) atoms. The quantitative estimate of drug-likeness (QED) is 0.805. The van der Waals surface area contributed by atoms with Crippen molar-refractivity contribution in [1.82, 2.24) is 4.98 Å². The van der Waals surface area contributed by atoms with Gasteiger partial charge in [-0.1, -0.05) is 13.0 Å². The Morgan fingerprint density at radius 1 is 1.32 bits per heavy atom. The van der Waals surface area contributed by atoms with Crippen LogP contribution in [0.5, 0.6) is 11.6 Å². The molecule has 0 spiro atoms. The number of anilines is 1. The van der Waals surface area contributed by atoms with Crippen LogP contribution in [-0.4, -0.2) is 22.3 Å². The summed E-state index contributed by atoms with van der Waals surface area (Å²) in [7, 11) is 0. The Labute approximate surface area is 165 Å². The molecule has 7 heteroatoms. The van der Waals surface area contributed by atoms with Crippen LogP contribution < -0.4 is 15.8 Å². The minimum Gasteiger partial charge on any atom is -0.470 e. The van der Waals surface area contributed by atoms with Gasteiger partial charge in [0.1, 0.15) is 11.4 Å². The number of aliphatic imine (C=N–C) groups is 1. The van der Waals surface area contributed by atoms with Gasteiger partial charge in [0, 0.05) is 13.0 Å². The maximum Gasteiger partial charge on any atom is 0.244 e. The monoisotopic (exact) mass is 382 g/mol. The van der Waals surface area contributed by atoms with Gasteiger partial charge in [-0.05, 0) is 45.4 Å². The molecule has 1 atom stereocenters. The Balaban J connectivity index is 1.81. The number of hydrogen-bond acceptors (Lipinski definition) is 6. The van der Waals surface area contributed by atoms with Crippen molar-refractivity contribution in [1.29, 1.82) is 0 Å². The molecule has 0 saturated heterocycles. The van der Waals surface area contributed by atoms with E-state index in [1.807, 2.05) is 45.9 Å².